The lowest BCUT2D eigenvalue weighted by Gasteiger charge is -2.33. The molecule has 0 unspecified atom stereocenters. The van der Waals surface area contributed by atoms with Crippen molar-refractivity contribution in [1.82, 2.24) is 5.32 Å². The van der Waals surface area contributed by atoms with Gasteiger partial charge in [0.25, 0.3) is 5.91 Å². The summed E-state index contributed by atoms with van der Waals surface area (Å²) in [5.41, 5.74) is 2.35. The Morgan fingerprint density at radius 3 is 2.50 bits per heavy atom. The molecule has 0 aliphatic carbocycles. The highest BCUT2D eigenvalue weighted by Gasteiger charge is 2.22. The number of carbonyl (C=O) groups excluding carboxylic acids is 1. The molecule has 0 saturated carbocycles. The standard InChI is InChI=1S/C25H34N2O3/c1-5-22(30-24-11-7-6-10-23(24)29-4)25(28)26-19(3)20-12-14-21(15-13-20)27-16-8-9-18(2)17-27/h6-7,10-15,18-19,22H,5,8-9,16-17H2,1-4H3,(H,26,28)/t18-,19-,22+/m1/s1. The van der Waals surface area contributed by atoms with Crippen molar-refractivity contribution in [3.05, 3.63) is 54.1 Å². The number of para-hydroxylation sites is 2. The lowest BCUT2D eigenvalue weighted by molar-refractivity contribution is -0.128. The smallest absolute Gasteiger partial charge is 0.261 e. The van der Waals surface area contributed by atoms with Crippen LogP contribution in [0.25, 0.3) is 0 Å². The van der Waals surface area contributed by atoms with Crippen LogP contribution in [0, 0.1) is 5.92 Å². The van der Waals surface area contributed by atoms with Crippen LogP contribution in [-0.2, 0) is 4.79 Å². The van der Waals surface area contributed by atoms with E-state index in [9.17, 15) is 4.79 Å². The van der Waals surface area contributed by atoms with Gasteiger partial charge < -0.3 is 19.7 Å². The zero-order chi connectivity index (χ0) is 21.5. The highest BCUT2D eigenvalue weighted by atomic mass is 16.5. The first-order valence-corrected chi connectivity index (χ1v) is 11.0. The molecule has 2 aromatic carbocycles. The summed E-state index contributed by atoms with van der Waals surface area (Å²) in [5.74, 6) is 1.82. The quantitative estimate of drug-likeness (QED) is 0.668. The van der Waals surface area contributed by atoms with Crippen LogP contribution in [0.1, 0.15) is 51.6 Å². The topological polar surface area (TPSA) is 50.8 Å². The van der Waals surface area contributed by atoms with Gasteiger partial charge in [0.15, 0.2) is 17.6 Å². The normalized spacial score (nSPS) is 18.4. The second-order valence-corrected chi connectivity index (χ2v) is 8.18. The van der Waals surface area contributed by atoms with Crippen LogP contribution < -0.4 is 19.7 Å². The minimum Gasteiger partial charge on any atom is -0.493 e. The fourth-order valence-corrected chi connectivity index (χ4v) is 3.98. The number of carbonyl (C=O) groups is 1. The Balaban J connectivity index is 1.61. The maximum Gasteiger partial charge on any atom is 0.261 e. The maximum atomic E-state index is 12.8. The number of ether oxygens (including phenoxy) is 2. The number of anilines is 1. The number of benzene rings is 2. The van der Waals surface area contributed by atoms with Crippen molar-refractivity contribution < 1.29 is 14.3 Å². The number of piperidine rings is 1. The fraction of sp³-hybridized carbons (Fsp3) is 0.480. The van der Waals surface area contributed by atoms with Crippen LogP contribution in [0.15, 0.2) is 48.5 Å². The van der Waals surface area contributed by atoms with Crippen LogP contribution >= 0.6 is 0 Å². The Morgan fingerprint density at radius 2 is 1.87 bits per heavy atom. The van der Waals surface area contributed by atoms with Gasteiger partial charge in [-0.05, 0) is 61.9 Å². The van der Waals surface area contributed by atoms with Gasteiger partial charge in [-0.2, -0.15) is 0 Å². The molecule has 0 radical (unpaired) electrons. The summed E-state index contributed by atoms with van der Waals surface area (Å²) in [6, 6.07) is 15.9. The van der Waals surface area contributed by atoms with E-state index in [4.69, 9.17) is 9.47 Å². The third kappa shape index (κ3) is 5.47. The van der Waals surface area contributed by atoms with Crippen molar-refractivity contribution in [1.29, 1.82) is 0 Å². The minimum atomic E-state index is -0.571. The van der Waals surface area contributed by atoms with E-state index >= 15 is 0 Å². The number of hydrogen-bond donors (Lipinski definition) is 1. The second kappa shape index (κ2) is 10.4. The van der Waals surface area contributed by atoms with Crippen molar-refractivity contribution in [3.8, 4) is 11.5 Å². The van der Waals surface area contributed by atoms with Crippen LogP contribution in [0.2, 0.25) is 0 Å². The Hall–Kier alpha value is -2.69. The first-order chi connectivity index (χ1) is 14.5. The van der Waals surface area contributed by atoms with Gasteiger partial charge in [-0.1, -0.05) is 38.1 Å². The Labute approximate surface area is 180 Å². The number of nitrogens with one attached hydrogen (secondary N) is 1. The van der Waals surface area contributed by atoms with Crippen molar-refractivity contribution in [2.45, 2.75) is 52.2 Å². The van der Waals surface area contributed by atoms with E-state index in [-0.39, 0.29) is 11.9 Å². The fourth-order valence-electron chi connectivity index (χ4n) is 3.98. The molecule has 0 spiro atoms. The monoisotopic (exact) mass is 410 g/mol. The minimum absolute atomic E-state index is 0.0952. The van der Waals surface area contributed by atoms with Crippen LogP contribution in [0.4, 0.5) is 5.69 Å². The molecule has 0 aromatic heterocycles. The maximum absolute atomic E-state index is 12.8. The van der Waals surface area contributed by atoms with E-state index in [2.05, 4.69) is 41.4 Å². The summed E-state index contributed by atoms with van der Waals surface area (Å²) in [6.07, 6.45) is 2.56. The molecule has 0 bridgehead atoms. The van der Waals surface area contributed by atoms with Crippen molar-refractivity contribution in [2.75, 3.05) is 25.1 Å². The number of nitrogens with zero attached hydrogens (tertiary/aromatic N) is 1. The van der Waals surface area contributed by atoms with Crippen LogP contribution in [0.5, 0.6) is 11.5 Å². The average molecular weight is 411 g/mol. The van der Waals surface area contributed by atoms with E-state index in [1.807, 2.05) is 38.1 Å². The molecule has 5 heteroatoms. The van der Waals surface area contributed by atoms with Crippen molar-refractivity contribution >= 4 is 11.6 Å². The Morgan fingerprint density at radius 1 is 1.17 bits per heavy atom. The van der Waals surface area contributed by atoms with E-state index in [0.29, 0.717) is 17.9 Å². The molecule has 1 heterocycles. The SMILES string of the molecule is CC[C@H](Oc1ccccc1OC)C(=O)N[C@H](C)c1ccc(N2CCC[C@@H](C)C2)cc1. The van der Waals surface area contributed by atoms with Gasteiger partial charge in [0.1, 0.15) is 0 Å². The van der Waals surface area contributed by atoms with Crippen molar-refractivity contribution in [3.63, 3.8) is 0 Å². The molecular weight excluding hydrogens is 376 g/mol. The van der Waals surface area contributed by atoms with Gasteiger partial charge in [0, 0.05) is 18.8 Å². The summed E-state index contributed by atoms with van der Waals surface area (Å²) >= 11 is 0. The summed E-state index contributed by atoms with van der Waals surface area (Å²) in [4.78, 5) is 15.3. The highest BCUT2D eigenvalue weighted by Crippen LogP contribution is 2.28. The molecular formula is C25H34N2O3. The van der Waals surface area contributed by atoms with E-state index < -0.39 is 6.10 Å². The predicted octanol–water partition coefficient (Wildman–Crippen LogP) is 4.97. The molecule has 5 nitrogen and oxygen atoms in total. The predicted molar refractivity (Wildman–Crippen MR) is 121 cm³/mol. The first-order valence-electron chi connectivity index (χ1n) is 11.0. The lowest BCUT2D eigenvalue weighted by atomic mass is 9.99. The van der Waals surface area contributed by atoms with Gasteiger partial charge in [0.05, 0.1) is 13.2 Å². The highest BCUT2D eigenvalue weighted by molar-refractivity contribution is 5.81. The zero-order valence-corrected chi connectivity index (χ0v) is 18.6. The average Bonchev–Trinajstić information content (AvgIpc) is 2.77. The molecule has 3 atom stereocenters. The molecule has 1 amide bonds. The first kappa shape index (κ1) is 22.0. The van der Waals surface area contributed by atoms with Gasteiger partial charge in [-0.3, -0.25) is 4.79 Å². The summed E-state index contributed by atoms with van der Waals surface area (Å²) < 4.78 is 11.3. The van der Waals surface area contributed by atoms with Crippen LogP contribution in [-0.4, -0.2) is 32.2 Å². The molecule has 30 heavy (non-hydrogen) atoms. The molecule has 1 saturated heterocycles. The third-order valence-corrected chi connectivity index (χ3v) is 5.78. The van der Waals surface area contributed by atoms with Gasteiger partial charge in [-0.25, -0.2) is 0 Å². The lowest BCUT2D eigenvalue weighted by Crippen LogP contribution is -2.39. The summed E-state index contributed by atoms with van der Waals surface area (Å²) in [5, 5.41) is 3.09. The largest absolute Gasteiger partial charge is 0.493 e. The summed E-state index contributed by atoms with van der Waals surface area (Å²) in [7, 11) is 1.60. The Bertz CT molecular complexity index is 821. The van der Waals surface area contributed by atoms with Crippen molar-refractivity contribution in [2.24, 2.45) is 5.92 Å². The molecule has 3 rings (SSSR count). The molecule has 1 aliphatic rings. The molecule has 1 fully saturated rings. The number of rotatable bonds is 8. The van der Waals surface area contributed by atoms with Gasteiger partial charge in [0.2, 0.25) is 0 Å². The van der Waals surface area contributed by atoms with E-state index in [1.54, 1.807) is 7.11 Å². The molecule has 1 N–H and O–H groups in total. The third-order valence-electron chi connectivity index (χ3n) is 5.78. The van der Waals surface area contributed by atoms with E-state index in [1.165, 1.54) is 18.5 Å². The van der Waals surface area contributed by atoms with E-state index in [0.717, 1.165) is 24.6 Å². The molecule has 1 aliphatic heterocycles. The van der Waals surface area contributed by atoms with Gasteiger partial charge in [-0.15, -0.1) is 0 Å². The number of methoxy groups -OCH3 is 1. The van der Waals surface area contributed by atoms with Gasteiger partial charge >= 0.3 is 0 Å². The van der Waals surface area contributed by atoms with Crippen LogP contribution in [0.3, 0.4) is 0 Å². The Kier molecular flexibility index (Phi) is 7.61. The molecule has 162 valence electrons. The molecule has 2 aromatic rings. The number of amides is 1. The number of hydrogen-bond acceptors (Lipinski definition) is 4. The zero-order valence-electron chi connectivity index (χ0n) is 18.6. The second-order valence-electron chi connectivity index (χ2n) is 8.18. The summed E-state index contributed by atoms with van der Waals surface area (Å²) in [6.45, 7) is 8.50.